The molecule has 1 aliphatic rings. The average molecular weight is 383 g/mol. The summed E-state index contributed by atoms with van der Waals surface area (Å²) in [6.07, 6.45) is 0. The Kier molecular flexibility index (Phi) is 6.26. The molecule has 0 radical (unpaired) electrons. The zero-order valence-corrected chi connectivity index (χ0v) is 16.4. The number of piperazine rings is 1. The van der Waals surface area contributed by atoms with Gasteiger partial charge in [-0.2, -0.15) is 0 Å². The third-order valence-corrected chi connectivity index (χ3v) is 5.45. The molecule has 7 nitrogen and oxygen atoms in total. The lowest BCUT2D eigenvalue weighted by Crippen LogP contribution is -3.19. The lowest BCUT2D eigenvalue weighted by Gasteiger charge is -2.37. The number of carbonyl (C=O) groups excluding carboxylic acids is 1. The van der Waals surface area contributed by atoms with Crippen molar-refractivity contribution in [2.45, 2.75) is 19.5 Å². The average Bonchev–Trinajstić information content (AvgIpc) is 2.73. The number of quaternary nitrogens is 1. The quantitative estimate of drug-likeness (QED) is 0.604. The first-order valence-electron chi connectivity index (χ1n) is 9.58. The summed E-state index contributed by atoms with van der Waals surface area (Å²) in [6.45, 7) is 6.00. The molecule has 1 fully saturated rings. The molecule has 0 bridgehead atoms. The molecule has 7 heteroatoms. The highest BCUT2D eigenvalue weighted by molar-refractivity contribution is 5.79. The number of hydrogen-bond donors (Lipinski definition) is 1. The number of nitrogens with one attached hydrogen (secondary N) is 1. The number of anilines is 1. The van der Waals surface area contributed by atoms with Gasteiger partial charge in [0.15, 0.2) is 6.04 Å². The lowest BCUT2D eigenvalue weighted by molar-refractivity contribution is -0.915. The molecule has 1 aliphatic heterocycles. The standard InChI is InChI=1S/C21H26N4O3/c1-17(21(26)22(2)16-18-6-4-3-5-7-18)23-12-14-24(15-13-23)19-8-10-20(11-9-19)25(27)28/h3-11,17H,12-16H2,1-2H3/p+1/t17-/m0/s1. The van der Waals surface area contributed by atoms with Crippen molar-refractivity contribution in [1.29, 1.82) is 0 Å². The van der Waals surface area contributed by atoms with E-state index in [-0.39, 0.29) is 22.6 Å². The van der Waals surface area contributed by atoms with Gasteiger partial charge in [-0.15, -0.1) is 0 Å². The van der Waals surface area contributed by atoms with Crippen LogP contribution in [-0.4, -0.2) is 55.0 Å². The van der Waals surface area contributed by atoms with Crippen LogP contribution in [-0.2, 0) is 11.3 Å². The third kappa shape index (κ3) is 4.67. The number of non-ortho nitro benzene ring substituents is 1. The van der Waals surface area contributed by atoms with Gasteiger partial charge in [0.2, 0.25) is 0 Å². The molecule has 148 valence electrons. The van der Waals surface area contributed by atoms with Gasteiger partial charge in [-0.3, -0.25) is 14.9 Å². The molecule has 1 N–H and O–H groups in total. The van der Waals surface area contributed by atoms with Gasteiger partial charge < -0.3 is 14.7 Å². The summed E-state index contributed by atoms with van der Waals surface area (Å²) in [5.74, 6) is 0.155. The maximum Gasteiger partial charge on any atom is 0.280 e. The van der Waals surface area contributed by atoms with E-state index in [0.717, 1.165) is 37.4 Å². The van der Waals surface area contributed by atoms with Gasteiger partial charge in [-0.1, -0.05) is 30.3 Å². The molecule has 1 atom stereocenters. The van der Waals surface area contributed by atoms with Gasteiger partial charge in [-0.05, 0) is 24.6 Å². The molecule has 1 amide bonds. The maximum absolute atomic E-state index is 12.8. The fourth-order valence-electron chi connectivity index (χ4n) is 3.71. The van der Waals surface area contributed by atoms with Crippen molar-refractivity contribution in [2.75, 3.05) is 38.1 Å². The van der Waals surface area contributed by atoms with E-state index in [2.05, 4.69) is 4.90 Å². The maximum atomic E-state index is 12.8. The molecule has 28 heavy (non-hydrogen) atoms. The predicted molar refractivity (Wildman–Crippen MR) is 108 cm³/mol. The van der Waals surface area contributed by atoms with Crippen LogP contribution in [0.5, 0.6) is 0 Å². The Morgan fingerprint density at radius 2 is 1.75 bits per heavy atom. The smallest absolute Gasteiger partial charge is 0.280 e. The van der Waals surface area contributed by atoms with E-state index in [1.54, 1.807) is 29.2 Å². The molecule has 0 aliphatic carbocycles. The number of hydrogen-bond acceptors (Lipinski definition) is 4. The van der Waals surface area contributed by atoms with Crippen molar-refractivity contribution in [3.63, 3.8) is 0 Å². The second-order valence-corrected chi connectivity index (χ2v) is 7.32. The van der Waals surface area contributed by atoms with Gasteiger partial charge in [-0.25, -0.2) is 0 Å². The minimum atomic E-state index is -0.384. The van der Waals surface area contributed by atoms with Gasteiger partial charge in [0.25, 0.3) is 11.6 Å². The topological polar surface area (TPSA) is 71.1 Å². The van der Waals surface area contributed by atoms with Crippen molar-refractivity contribution < 1.29 is 14.6 Å². The number of nitrogens with zero attached hydrogens (tertiary/aromatic N) is 3. The van der Waals surface area contributed by atoms with E-state index in [0.29, 0.717) is 6.54 Å². The van der Waals surface area contributed by atoms with Crippen LogP contribution in [0.1, 0.15) is 12.5 Å². The summed E-state index contributed by atoms with van der Waals surface area (Å²) in [5, 5.41) is 10.8. The lowest BCUT2D eigenvalue weighted by atomic mass is 10.1. The minimum Gasteiger partial charge on any atom is -0.360 e. The van der Waals surface area contributed by atoms with E-state index >= 15 is 0 Å². The molecule has 2 aromatic rings. The number of amides is 1. The zero-order valence-electron chi connectivity index (χ0n) is 16.4. The number of likely N-dealkylation sites (N-methyl/N-ethyl adjacent to an activating group) is 1. The van der Waals surface area contributed by atoms with Crippen LogP contribution in [0.15, 0.2) is 54.6 Å². The van der Waals surface area contributed by atoms with Gasteiger partial charge in [0.1, 0.15) is 0 Å². The SMILES string of the molecule is C[C@@H](C(=O)N(C)Cc1ccccc1)[NH+]1CCN(c2ccc([N+](=O)[O-])cc2)CC1. The predicted octanol–water partition coefficient (Wildman–Crippen LogP) is 1.35. The van der Waals surface area contributed by atoms with Crippen LogP contribution in [0.25, 0.3) is 0 Å². The highest BCUT2D eigenvalue weighted by Gasteiger charge is 2.31. The Morgan fingerprint density at radius 3 is 2.32 bits per heavy atom. The van der Waals surface area contributed by atoms with Crippen LogP contribution in [0, 0.1) is 10.1 Å². The Bertz CT molecular complexity index is 802. The number of carbonyl (C=O) groups is 1. The molecular formula is C21H27N4O3+. The Morgan fingerprint density at radius 1 is 1.14 bits per heavy atom. The first-order valence-corrected chi connectivity index (χ1v) is 9.58. The highest BCUT2D eigenvalue weighted by Crippen LogP contribution is 2.19. The number of nitro benzene ring substituents is 1. The second kappa shape index (κ2) is 8.84. The zero-order chi connectivity index (χ0) is 20.1. The van der Waals surface area contributed by atoms with E-state index < -0.39 is 0 Å². The second-order valence-electron chi connectivity index (χ2n) is 7.32. The Hall–Kier alpha value is -2.93. The summed E-state index contributed by atoms with van der Waals surface area (Å²) >= 11 is 0. The molecule has 1 saturated heterocycles. The van der Waals surface area contributed by atoms with Crippen molar-refractivity contribution in [3.05, 3.63) is 70.3 Å². The summed E-state index contributed by atoms with van der Waals surface area (Å²) in [6, 6.07) is 16.6. The molecule has 1 heterocycles. The van der Waals surface area contributed by atoms with Crippen LogP contribution in [0.4, 0.5) is 11.4 Å². The molecule has 0 spiro atoms. The number of rotatable bonds is 6. The van der Waals surface area contributed by atoms with Crippen LogP contribution < -0.4 is 9.80 Å². The van der Waals surface area contributed by atoms with Gasteiger partial charge in [0.05, 0.1) is 31.1 Å². The Labute approximate surface area is 165 Å². The van der Waals surface area contributed by atoms with E-state index in [1.807, 2.05) is 44.3 Å². The van der Waals surface area contributed by atoms with Crippen LogP contribution in [0.3, 0.4) is 0 Å². The summed E-state index contributed by atoms with van der Waals surface area (Å²) in [7, 11) is 1.86. The van der Waals surface area contributed by atoms with Crippen molar-refractivity contribution in [1.82, 2.24) is 4.90 Å². The fourth-order valence-corrected chi connectivity index (χ4v) is 3.71. The largest absolute Gasteiger partial charge is 0.360 e. The monoisotopic (exact) mass is 383 g/mol. The van der Waals surface area contributed by atoms with Crippen LogP contribution >= 0.6 is 0 Å². The number of nitro groups is 1. The molecule has 0 aromatic heterocycles. The first kappa shape index (κ1) is 19.8. The summed E-state index contributed by atoms with van der Waals surface area (Å²) in [5.41, 5.74) is 2.22. The molecular weight excluding hydrogens is 356 g/mol. The Balaban J connectivity index is 1.53. The van der Waals surface area contributed by atoms with Gasteiger partial charge >= 0.3 is 0 Å². The highest BCUT2D eigenvalue weighted by atomic mass is 16.6. The van der Waals surface area contributed by atoms with Crippen LogP contribution in [0.2, 0.25) is 0 Å². The van der Waals surface area contributed by atoms with Crippen molar-refractivity contribution in [2.24, 2.45) is 0 Å². The molecule has 3 rings (SSSR count). The normalized spacial score (nSPS) is 15.9. The third-order valence-electron chi connectivity index (χ3n) is 5.45. The summed E-state index contributed by atoms with van der Waals surface area (Å²) in [4.78, 5) is 28.5. The van der Waals surface area contributed by atoms with E-state index in [9.17, 15) is 14.9 Å². The molecule has 0 unspecified atom stereocenters. The first-order chi connectivity index (χ1) is 13.5. The van der Waals surface area contributed by atoms with Crippen molar-refractivity contribution >= 4 is 17.3 Å². The van der Waals surface area contributed by atoms with Gasteiger partial charge in [0, 0.05) is 31.4 Å². The molecule has 2 aromatic carbocycles. The minimum absolute atomic E-state index is 0.0901. The fraction of sp³-hybridized carbons (Fsp3) is 0.381. The van der Waals surface area contributed by atoms with Crippen molar-refractivity contribution in [3.8, 4) is 0 Å². The molecule has 0 saturated carbocycles. The number of benzene rings is 2. The van der Waals surface area contributed by atoms with E-state index in [1.165, 1.54) is 4.90 Å². The summed E-state index contributed by atoms with van der Waals surface area (Å²) < 4.78 is 0. The van der Waals surface area contributed by atoms with E-state index in [4.69, 9.17) is 0 Å².